The molecule has 6 atom stereocenters. The average molecular weight is 871 g/mol. The number of esters is 1. The van der Waals surface area contributed by atoms with Gasteiger partial charge in [-0.1, -0.05) is 182 Å². The lowest BCUT2D eigenvalue weighted by Crippen LogP contribution is -2.63. The molecule has 0 unspecified atom stereocenters. The van der Waals surface area contributed by atoms with E-state index in [2.05, 4.69) is 0 Å². The molecular formula is C55H50O10. The standard InChI is InChI=1S/C55H50O10/c56-53(45-31-46(57-33-39-19-7-1-8-20-39)49(59-35-41-23-11-3-12-24-41)47(32-45)58-34-40-21-9-2-10-22-40)65-55-52(61-37-43-27-15-5-16-28-43)51(60-36-42-25-13-4-14-26-42)50-48(63-55)38-62-54(64-50)44-29-17-6-18-30-44/h1-32,48,50-52,54-55H,33-38H2/t48-,50-,51+,52-,54-,55-/m1/s1. The lowest BCUT2D eigenvalue weighted by Gasteiger charge is -2.48. The maximum atomic E-state index is 14.7. The molecule has 0 N–H and O–H groups in total. The number of benzene rings is 7. The number of carbonyl (C=O) groups is 1. The van der Waals surface area contributed by atoms with E-state index in [4.69, 9.17) is 42.6 Å². The van der Waals surface area contributed by atoms with E-state index in [9.17, 15) is 4.79 Å². The van der Waals surface area contributed by atoms with Crippen LogP contribution in [-0.4, -0.2) is 43.3 Å². The second kappa shape index (κ2) is 21.7. The molecule has 0 aliphatic carbocycles. The zero-order valence-electron chi connectivity index (χ0n) is 35.8. The largest absolute Gasteiger partial charge is 0.485 e. The number of rotatable bonds is 18. The van der Waals surface area contributed by atoms with Gasteiger partial charge in [-0.25, -0.2) is 4.79 Å². The third kappa shape index (κ3) is 11.5. The predicted octanol–water partition coefficient (Wildman–Crippen LogP) is 10.6. The van der Waals surface area contributed by atoms with Crippen molar-refractivity contribution in [1.82, 2.24) is 0 Å². The van der Waals surface area contributed by atoms with Gasteiger partial charge in [0.05, 0.1) is 25.4 Å². The van der Waals surface area contributed by atoms with Crippen LogP contribution in [0, 0.1) is 0 Å². The smallest absolute Gasteiger partial charge is 0.340 e. The minimum atomic E-state index is -1.25. The fourth-order valence-corrected chi connectivity index (χ4v) is 7.75. The van der Waals surface area contributed by atoms with Crippen LogP contribution in [0.5, 0.6) is 17.2 Å². The first-order valence-electron chi connectivity index (χ1n) is 21.8. The number of hydrogen-bond donors (Lipinski definition) is 0. The maximum absolute atomic E-state index is 14.7. The minimum absolute atomic E-state index is 0.150. The zero-order chi connectivity index (χ0) is 44.0. The van der Waals surface area contributed by atoms with Gasteiger partial charge in [0.25, 0.3) is 0 Å². The van der Waals surface area contributed by atoms with E-state index in [1.807, 2.05) is 182 Å². The van der Waals surface area contributed by atoms with Crippen LogP contribution in [0.25, 0.3) is 0 Å². The molecule has 2 heterocycles. The summed E-state index contributed by atoms with van der Waals surface area (Å²) in [4.78, 5) is 14.7. The third-order valence-electron chi connectivity index (χ3n) is 11.1. The summed E-state index contributed by atoms with van der Waals surface area (Å²) in [5.74, 6) is 0.242. The highest BCUT2D eigenvalue weighted by molar-refractivity contribution is 5.91. The maximum Gasteiger partial charge on any atom is 0.340 e. The van der Waals surface area contributed by atoms with Gasteiger partial charge in [-0.2, -0.15) is 0 Å². The second-order valence-electron chi connectivity index (χ2n) is 15.8. The number of carbonyl (C=O) groups excluding carboxylic acids is 1. The first kappa shape index (κ1) is 43.5. The third-order valence-corrected chi connectivity index (χ3v) is 11.1. The lowest BCUT2D eigenvalue weighted by atomic mass is 9.97. The van der Waals surface area contributed by atoms with E-state index in [0.29, 0.717) is 17.2 Å². The molecule has 0 aromatic heterocycles. The molecule has 0 saturated carbocycles. The van der Waals surface area contributed by atoms with Crippen molar-refractivity contribution in [2.24, 2.45) is 0 Å². The van der Waals surface area contributed by atoms with Crippen LogP contribution in [0.3, 0.4) is 0 Å². The Labute approximate surface area is 379 Å². The molecule has 10 heteroatoms. The Morgan fingerprint density at radius 3 is 1.37 bits per heavy atom. The highest BCUT2D eigenvalue weighted by atomic mass is 16.8. The second-order valence-corrected chi connectivity index (χ2v) is 15.8. The fourth-order valence-electron chi connectivity index (χ4n) is 7.75. The summed E-state index contributed by atoms with van der Waals surface area (Å²) < 4.78 is 58.9. The first-order valence-corrected chi connectivity index (χ1v) is 21.8. The Kier molecular flexibility index (Phi) is 14.5. The predicted molar refractivity (Wildman–Crippen MR) is 243 cm³/mol. The van der Waals surface area contributed by atoms with Crippen molar-refractivity contribution >= 4 is 5.97 Å². The molecule has 0 spiro atoms. The normalized spacial score (nSPS) is 20.2. The highest BCUT2D eigenvalue weighted by Crippen LogP contribution is 2.42. The van der Waals surface area contributed by atoms with E-state index in [1.165, 1.54) is 0 Å². The average Bonchev–Trinajstić information content (AvgIpc) is 3.37. The molecule has 9 rings (SSSR count). The van der Waals surface area contributed by atoms with Gasteiger partial charge >= 0.3 is 5.97 Å². The molecule has 7 aromatic carbocycles. The van der Waals surface area contributed by atoms with Crippen LogP contribution in [0.2, 0.25) is 0 Å². The number of ether oxygens (including phenoxy) is 9. The highest BCUT2D eigenvalue weighted by Gasteiger charge is 2.53. The Hall–Kier alpha value is -6.79. The quantitative estimate of drug-likeness (QED) is 0.0775. The molecular weight excluding hydrogens is 821 g/mol. The molecule has 0 amide bonds. The topological polar surface area (TPSA) is 100 Å². The first-order chi connectivity index (χ1) is 32.1. The summed E-state index contributed by atoms with van der Waals surface area (Å²) in [7, 11) is 0. The number of hydrogen-bond acceptors (Lipinski definition) is 10. The van der Waals surface area contributed by atoms with E-state index in [0.717, 1.165) is 33.4 Å². The van der Waals surface area contributed by atoms with Crippen LogP contribution < -0.4 is 14.2 Å². The molecule has 2 aliphatic rings. The van der Waals surface area contributed by atoms with Crippen molar-refractivity contribution < 1.29 is 47.4 Å². The Bertz CT molecular complexity index is 2460. The molecule has 7 aromatic rings. The minimum Gasteiger partial charge on any atom is -0.485 e. The van der Waals surface area contributed by atoms with Gasteiger partial charge < -0.3 is 42.6 Å². The van der Waals surface area contributed by atoms with Crippen LogP contribution in [0.1, 0.15) is 50.0 Å². The molecule has 0 radical (unpaired) electrons. The molecule has 2 saturated heterocycles. The van der Waals surface area contributed by atoms with Crippen molar-refractivity contribution in [3.63, 3.8) is 0 Å². The Morgan fingerprint density at radius 1 is 0.477 bits per heavy atom. The SMILES string of the molecule is O=C(O[C@H]1O[C@@H]2CO[C@@H](c3ccccc3)O[C@H]2[C@H](OCc2ccccc2)[C@H]1OCc1ccccc1)c1cc(OCc2ccccc2)c(OCc2ccccc2)c(OCc2ccccc2)c1. The molecule has 2 fully saturated rings. The zero-order valence-corrected chi connectivity index (χ0v) is 35.8. The van der Waals surface area contributed by atoms with Gasteiger partial charge in [0.15, 0.2) is 17.8 Å². The number of fused-ring (bicyclic) bond motifs is 1. The molecule has 10 nitrogen and oxygen atoms in total. The van der Waals surface area contributed by atoms with Crippen molar-refractivity contribution in [3.05, 3.63) is 233 Å². The van der Waals surface area contributed by atoms with Crippen molar-refractivity contribution in [2.45, 2.75) is 70.0 Å². The molecule has 330 valence electrons. The Balaban J connectivity index is 1.05. The summed E-state index contributed by atoms with van der Waals surface area (Å²) in [5.41, 5.74) is 5.69. The molecule has 2 aliphatic heterocycles. The summed E-state index contributed by atoms with van der Waals surface area (Å²) >= 11 is 0. The van der Waals surface area contributed by atoms with Crippen LogP contribution >= 0.6 is 0 Å². The van der Waals surface area contributed by atoms with Gasteiger partial charge in [0.1, 0.15) is 44.2 Å². The summed E-state index contributed by atoms with van der Waals surface area (Å²) in [5, 5.41) is 0. The Morgan fingerprint density at radius 2 is 0.892 bits per heavy atom. The van der Waals surface area contributed by atoms with E-state index in [-0.39, 0.29) is 45.2 Å². The van der Waals surface area contributed by atoms with Crippen LogP contribution in [0.4, 0.5) is 0 Å². The molecule has 65 heavy (non-hydrogen) atoms. The monoisotopic (exact) mass is 870 g/mol. The van der Waals surface area contributed by atoms with Crippen molar-refractivity contribution in [3.8, 4) is 17.2 Å². The van der Waals surface area contributed by atoms with Crippen molar-refractivity contribution in [1.29, 1.82) is 0 Å². The lowest BCUT2D eigenvalue weighted by molar-refractivity contribution is -0.364. The van der Waals surface area contributed by atoms with Crippen LogP contribution in [-0.2, 0) is 61.5 Å². The van der Waals surface area contributed by atoms with Gasteiger partial charge in [0, 0.05) is 5.56 Å². The van der Waals surface area contributed by atoms with Gasteiger partial charge in [-0.05, 0) is 39.9 Å². The van der Waals surface area contributed by atoms with Crippen molar-refractivity contribution in [2.75, 3.05) is 6.61 Å². The summed E-state index contributed by atoms with van der Waals surface area (Å²) in [6.07, 6.45) is -4.93. The van der Waals surface area contributed by atoms with E-state index in [1.54, 1.807) is 12.1 Å². The van der Waals surface area contributed by atoms with E-state index >= 15 is 0 Å². The van der Waals surface area contributed by atoms with E-state index < -0.39 is 43.0 Å². The van der Waals surface area contributed by atoms with Gasteiger partial charge in [0.2, 0.25) is 12.0 Å². The van der Waals surface area contributed by atoms with Gasteiger partial charge in [-0.15, -0.1) is 0 Å². The summed E-state index contributed by atoms with van der Waals surface area (Å²) in [6, 6.07) is 62.0. The molecule has 0 bridgehead atoms. The van der Waals surface area contributed by atoms with Crippen LogP contribution in [0.15, 0.2) is 194 Å². The fraction of sp³-hybridized carbons (Fsp3) is 0.218. The summed E-state index contributed by atoms with van der Waals surface area (Å²) in [6.45, 7) is 1.22. The van der Waals surface area contributed by atoms with Gasteiger partial charge in [-0.3, -0.25) is 0 Å².